The minimum atomic E-state index is -0.398. The summed E-state index contributed by atoms with van der Waals surface area (Å²) in [4.78, 5) is 29.5. The lowest BCUT2D eigenvalue weighted by Crippen LogP contribution is -2.39. The van der Waals surface area contributed by atoms with Crippen LogP contribution in [0.3, 0.4) is 0 Å². The lowest BCUT2D eigenvalue weighted by molar-refractivity contribution is -0.135. The van der Waals surface area contributed by atoms with E-state index in [0.717, 1.165) is 25.9 Å². The number of nitrogens with one attached hydrogen (secondary N) is 1. The fourth-order valence-corrected chi connectivity index (χ4v) is 2.60. The Balaban J connectivity index is 1.88. The molecule has 1 aromatic rings. The minimum absolute atomic E-state index is 0.107. The topological polar surface area (TPSA) is 62.3 Å². The number of hydrogen-bond acceptors (Lipinski definition) is 3. The molecule has 0 aromatic carbocycles. The molecule has 1 N–H and O–H groups in total. The lowest BCUT2D eigenvalue weighted by atomic mass is 9.99. The summed E-state index contributed by atoms with van der Waals surface area (Å²) in [7, 11) is 0. The van der Waals surface area contributed by atoms with E-state index in [1.165, 1.54) is 6.07 Å². The molecule has 1 aromatic heterocycles. The second kappa shape index (κ2) is 7.09. The number of likely N-dealkylation sites (tertiary alicyclic amines) is 1. The molecule has 7 heteroatoms. The van der Waals surface area contributed by atoms with Gasteiger partial charge in [0.1, 0.15) is 11.6 Å². The summed E-state index contributed by atoms with van der Waals surface area (Å²) < 4.78 is 0. The van der Waals surface area contributed by atoms with Gasteiger partial charge in [-0.15, -0.1) is 0 Å². The number of carbonyl (C=O) groups excluding carboxylic acids is 2. The molecular formula is C14H17Cl2N3O2. The average molecular weight is 330 g/mol. The summed E-state index contributed by atoms with van der Waals surface area (Å²) in [5.74, 6) is 0.0870. The fraction of sp³-hybridized carbons (Fsp3) is 0.500. The summed E-state index contributed by atoms with van der Waals surface area (Å²) in [5, 5.41) is 2.93. The lowest BCUT2D eigenvalue weighted by Gasteiger charge is -2.30. The van der Waals surface area contributed by atoms with E-state index in [9.17, 15) is 9.59 Å². The summed E-state index contributed by atoms with van der Waals surface area (Å²) in [5.41, 5.74) is 0.353. The maximum Gasteiger partial charge on any atom is 0.233 e. The molecule has 0 spiro atoms. The van der Waals surface area contributed by atoms with E-state index in [4.69, 9.17) is 23.2 Å². The van der Waals surface area contributed by atoms with Crippen LogP contribution in [0.2, 0.25) is 10.3 Å². The molecule has 2 amide bonds. The van der Waals surface area contributed by atoms with Gasteiger partial charge in [0.05, 0.1) is 5.69 Å². The number of aromatic nitrogens is 1. The Bertz CT molecular complexity index is 543. The third-order valence-corrected chi connectivity index (χ3v) is 4.04. The van der Waals surface area contributed by atoms with Gasteiger partial charge in [-0.2, -0.15) is 0 Å². The first-order valence-electron chi connectivity index (χ1n) is 6.85. The molecule has 1 saturated heterocycles. The molecule has 0 saturated carbocycles. The van der Waals surface area contributed by atoms with Crippen LogP contribution in [0.1, 0.15) is 26.2 Å². The van der Waals surface area contributed by atoms with Crippen molar-refractivity contribution in [2.45, 2.75) is 26.2 Å². The van der Waals surface area contributed by atoms with Gasteiger partial charge >= 0.3 is 0 Å². The molecule has 1 fully saturated rings. The largest absolute Gasteiger partial charge is 0.342 e. The standard InChI is InChI=1S/C14H17Cl2N3O2/c1-9-4-6-19(7-5-9)13(21)8-12(20)17-10-2-3-11(15)18-14(10)16/h2-3,9H,4-8H2,1H3,(H,17,20). The average Bonchev–Trinajstić information content (AvgIpc) is 2.42. The number of pyridine rings is 1. The quantitative estimate of drug-likeness (QED) is 0.685. The fourth-order valence-electron chi connectivity index (χ4n) is 2.21. The maximum atomic E-state index is 12.0. The molecular weight excluding hydrogens is 313 g/mol. The highest BCUT2D eigenvalue weighted by Crippen LogP contribution is 2.22. The number of rotatable bonds is 3. The summed E-state index contributed by atoms with van der Waals surface area (Å²) in [6.07, 6.45) is 1.79. The highest BCUT2D eigenvalue weighted by atomic mass is 35.5. The minimum Gasteiger partial charge on any atom is -0.342 e. The van der Waals surface area contributed by atoms with Gasteiger partial charge in [0.2, 0.25) is 11.8 Å². The first kappa shape index (κ1) is 16.0. The van der Waals surface area contributed by atoms with Crippen molar-refractivity contribution >= 4 is 40.7 Å². The van der Waals surface area contributed by atoms with Gasteiger partial charge in [0.25, 0.3) is 0 Å². The predicted octanol–water partition coefficient (Wildman–Crippen LogP) is 2.98. The number of nitrogens with zero attached hydrogens (tertiary/aromatic N) is 2. The Hall–Kier alpha value is -1.33. The van der Waals surface area contributed by atoms with Crippen LogP contribution in [-0.2, 0) is 9.59 Å². The highest BCUT2D eigenvalue weighted by Gasteiger charge is 2.22. The molecule has 5 nitrogen and oxygen atoms in total. The number of hydrogen-bond donors (Lipinski definition) is 1. The number of piperidine rings is 1. The van der Waals surface area contributed by atoms with Crippen LogP contribution in [0.4, 0.5) is 5.69 Å². The van der Waals surface area contributed by atoms with Crippen LogP contribution in [0.15, 0.2) is 12.1 Å². The van der Waals surface area contributed by atoms with Gasteiger partial charge in [0.15, 0.2) is 5.15 Å². The number of anilines is 1. The van der Waals surface area contributed by atoms with Crippen molar-refractivity contribution in [1.82, 2.24) is 9.88 Å². The van der Waals surface area contributed by atoms with Crippen molar-refractivity contribution < 1.29 is 9.59 Å². The van der Waals surface area contributed by atoms with Crippen LogP contribution < -0.4 is 5.32 Å². The molecule has 0 radical (unpaired) electrons. The van der Waals surface area contributed by atoms with Crippen molar-refractivity contribution in [3.63, 3.8) is 0 Å². The second-order valence-corrected chi connectivity index (χ2v) is 6.01. The smallest absolute Gasteiger partial charge is 0.233 e. The normalized spacial score (nSPS) is 15.9. The third-order valence-electron chi connectivity index (χ3n) is 3.54. The van der Waals surface area contributed by atoms with Gasteiger partial charge < -0.3 is 10.2 Å². The zero-order valence-corrected chi connectivity index (χ0v) is 13.2. The van der Waals surface area contributed by atoms with Crippen molar-refractivity contribution in [3.8, 4) is 0 Å². The van der Waals surface area contributed by atoms with Crippen LogP contribution in [-0.4, -0.2) is 34.8 Å². The number of halogens is 2. The van der Waals surface area contributed by atoms with Gasteiger partial charge in [-0.25, -0.2) is 4.98 Å². The second-order valence-electron chi connectivity index (χ2n) is 5.26. The van der Waals surface area contributed by atoms with E-state index in [1.54, 1.807) is 11.0 Å². The van der Waals surface area contributed by atoms with Crippen molar-refractivity contribution in [2.75, 3.05) is 18.4 Å². The molecule has 1 aliphatic rings. The monoisotopic (exact) mass is 329 g/mol. The molecule has 1 aliphatic heterocycles. The van der Waals surface area contributed by atoms with Crippen LogP contribution in [0.5, 0.6) is 0 Å². The number of amides is 2. The van der Waals surface area contributed by atoms with Gasteiger partial charge in [0, 0.05) is 13.1 Å². The van der Waals surface area contributed by atoms with E-state index in [2.05, 4.69) is 17.2 Å². The Morgan fingerprint density at radius 1 is 1.33 bits per heavy atom. The van der Waals surface area contributed by atoms with E-state index in [1.807, 2.05) is 0 Å². The Kier molecular flexibility index (Phi) is 5.42. The molecule has 114 valence electrons. The van der Waals surface area contributed by atoms with Gasteiger partial charge in [-0.1, -0.05) is 30.1 Å². The van der Waals surface area contributed by atoms with Gasteiger partial charge in [-0.05, 0) is 30.9 Å². The molecule has 2 heterocycles. The van der Waals surface area contributed by atoms with Crippen molar-refractivity contribution in [1.29, 1.82) is 0 Å². The molecule has 0 atom stereocenters. The number of carbonyl (C=O) groups is 2. The van der Waals surface area contributed by atoms with Crippen molar-refractivity contribution in [2.24, 2.45) is 5.92 Å². The van der Waals surface area contributed by atoms with E-state index in [0.29, 0.717) is 11.6 Å². The Labute approximate surface area is 133 Å². The van der Waals surface area contributed by atoms with Crippen LogP contribution in [0.25, 0.3) is 0 Å². The molecule has 0 bridgehead atoms. The van der Waals surface area contributed by atoms with Crippen LogP contribution in [0, 0.1) is 5.92 Å². The third kappa shape index (κ3) is 4.58. The summed E-state index contributed by atoms with van der Waals surface area (Å²) in [6, 6.07) is 3.08. The van der Waals surface area contributed by atoms with E-state index in [-0.39, 0.29) is 22.6 Å². The predicted molar refractivity (Wildman–Crippen MR) is 82.5 cm³/mol. The zero-order valence-electron chi connectivity index (χ0n) is 11.7. The molecule has 21 heavy (non-hydrogen) atoms. The maximum absolute atomic E-state index is 12.0. The highest BCUT2D eigenvalue weighted by molar-refractivity contribution is 6.34. The SMILES string of the molecule is CC1CCN(C(=O)CC(=O)Nc2ccc(Cl)nc2Cl)CC1. The molecule has 0 unspecified atom stereocenters. The summed E-state index contributed by atoms with van der Waals surface area (Å²) >= 11 is 11.6. The van der Waals surface area contributed by atoms with Gasteiger partial charge in [-0.3, -0.25) is 9.59 Å². The first-order valence-corrected chi connectivity index (χ1v) is 7.61. The first-order chi connectivity index (χ1) is 9.95. The Morgan fingerprint density at radius 2 is 2.00 bits per heavy atom. The van der Waals surface area contributed by atoms with E-state index >= 15 is 0 Å². The Morgan fingerprint density at radius 3 is 2.62 bits per heavy atom. The zero-order chi connectivity index (χ0) is 15.4. The molecule has 0 aliphatic carbocycles. The van der Waals surface area contributed by atoms with E-state index < -0.39 is 5.91 Å². The van der Waals surface area contributed by atoms with Crippen molar-refractivity contribution in [3.05, 3.63) is 22.4 Å². The molecule has 2 rings (SSSR count). The van der Waals surface area contributed by atoms with Crippen LogP contribution >= 0.6 is 23.2 Å². The summed E-state index contributed by atoms with van der Waals surface area (Å²) in [6.45, 7) is 3.61.